The third kappa shape index (κ3) is 6.50. The quantitative estimate of drug-likeness (QED) is 0.483. The zero-order valence-electron chi connectivity index (χ0n) is 15.5. The number of nitrogens with zero attached hydrogens (tertiary/aromatic N) is 1. The third-order valence-electron chi connectivity index (χ3n) is 4.07. The van der Waals surface area contributed by atoms with Gasteiger partial charge in [-0.05, 0) is 36.0 Å². The van der Waals surface area contributed by atoms with E-state index in [0.29, 0.717) is 11.5 Å². The summed E-state index contributed by atoms with van der Waals surface area (Å²) < 4.78 is 0. The molecule has 0 saturated heterocycles. The van der Waals surface area contributed by atoms with Crippen LogP contribution in [0, 0.1) is 0 Å². The Morgan fingerprint density at radius 2 is 1.77 bits per heavy atom. The highest BCUT2D eigenvalue weighted by molar-refractivity contribution is 7.99. The lowest BCUT2D eigenvalue weighted by Crippen LogP contribution is -2.25. The van der Waals surface area contributed by atoms with Crippen molar-refractivity contribution in [2.45, 2.75) is 38.4 Å². The largest absolute Gasteiger partial charge is 0.272 e. The van der Waals surface area contributed by atoms with Crippen molar-refractivity contribution in [3.05, 3.63) is 70.7 Å². The molecule has 138 valence electrons. The first-order valence-electron chi connectivity index (χ1n) is 8.57. The first-order valence-corrected chi connectivity index (χ1v) is 10.1. The first kappa shape index (κ1) is 20.5. The van der Waals surface area contributed by atoms with Crippen molar-refractivity contribution in [2.24, 2.45) is 5.10 Å². The predicted molar refractivity (Wildman–Crippen MR) is 113 cm³/mol. The summed E-state index contributed by atoms with van der Waals surface area (Å²) in [6, 6.07) is 18.0. The van der Waals surface area contributed by atoms with Gasteiger partial charge in [0.2, 0.25) is 5.91 Å². The maximum Gasteiger partial charge on any atom is 0.250 e. The van der Waals surface area contributed by atoms with E-state index in [9.17, 15) is 4.79 Å². The Labute approximate surface area is 165 Å². The van der Waals surface area contributed by atoms with Gasteiger partial charge in [-0.2, -0.15) is 5.10 Å². The molecule has 1 amide bonds. The van der Waals surface area contributed by atoms with Gasteiger partial charge in [0.15, 0.2) is 0 Å². The molecule has 0 aliphatic rings. The van der Waals surface area contributed by atoms with Crippen molar-refractivity contribution in [2.75, 3.05) is 5.75 Å². The fourth-order valence-corrected chi connectivity index (χ4v) is 3.84. The number of hydrogen-bond acceptors (Lipinski definition) is 3. The molecular formula is C21H25ClN2OS. The fraction of sp³-hybridized carbons (Fsp3) is 0.333. The Morgan fingerprint density at radius 3 is 2.46 bits per heavy atom. The molecule has 0 atom stereocenters. The van der Waals surface area contributed by atoms with E-state index in [4.69, 9.17) is 11.6 Å². The van der Waals surface area contributed by atoms with Gasteiger partial charge in [-0.15, -0.1) is 11.8 Å². The van der Waals surface area contributed by atoms with Crippen molar-refractivity contribution in [3.63, 3.8) is 0 Å². The van der Waals surface area contributed by atoms with Crippen LogP contribution in [0.1, 0.15) is 38.3 Å². The van der Waals surface area contributed by atoms with Gasteiger partial charge in [0, 0.05) is 16.5 Å². The minimum Gasteiger partial charge on any atom is -0.272 e. The highest BCUT2D eigenvalue weighted by Crippen LogP contribution is 2.27. The van der Waals surface area contributed by atoms with Gasteiger partial charge in [0.25, 0.3) is 0 Å². The van der Waals surface area contributed by atoms with Crippen LogP contribution in [0.5, 0.6) is 0 Å². The van der Waals surface area contributed by atoms with Gasteiger partial charge < -0.3 is 0 Å². The second-order valence-electron chi connectivity index (χ2n) is 6.89. The summed E-state index contributed by atoms with van der Waals surface area (Å²) in [5.74, 6) is 0.958. The molecule has 2 aromatic rings. The van der Waals surface area contributed by atoms with Crippen LogP contribution in [0.3, 0.4) is 0 Å². The molecule has 0 aliphatic heterocycles. The van der Waals surface area contributed by atoms with Crippen LogP contribution < -0.4 is 5.43 Å². The molecule has 0 aliphatic carbocycles. The monoisotopic (exact) mass is 388 g/mol. The normalized spacial score (nSPS) is 12.1. The summed E-state index contributed by atoms with van der Waals surface area (Å²) in [5, 5.41) is 4.99. The Balaban J connectivity index is 1.79. The Hall–Kier alpha value is -1.78. The minimum absolute atomic E-state index is 0.0294. The summed E-state index contributed by atoms with van der Waals surface area (Å²) in [5.41, 5.74) is 5.83. The molecule has 5 heteroatoms. The van der Waals surface area contributed by atoms with Crippen molar-refractivity contribution < 1.29 is 4.79 Å². The van der Waals surface area contributed by atoms with E-state index in [-0.39, 0.29) is 11.3 Å². The van der Waals surface area contributed by atoms with Crippen molar-refractivity contribution in [1.82, 2.24) is 5.43 Å². The Bertz CT molecular complexity index is 760. The number of carbonyl (C=O) groups excluding carboxylic acids is 1. The fourth-order valence-electron chi connectivity index (χ4n) is 2.73. The number of hydrazone groups is 1. The van der Waals surface area contributed by atoms with Crippen LogP contribution in [0.25, 0.3) is 0 Å². The topological polar surface area (TPSA) is 41.5 Å². The van der Waals surface area contributed by atoms with Crippen LogP contribution in [-0.2, 0) is 16.0 Å². The van der Waals surface area contributed by atoms with Gasteiger partial charge in [0.05, 0.1) is 5.75 Å². The SMILES string of the molecule is C/C(CC(C)(C)c1ccccc1)=N\NC(=O)CSCc1ccccc1Cl. The molecule has 0 aromatic heterocycles. The van der Waals surface area contributed by atoms with E-state index < -0.39 is 0 Å². The molecule has 0 bridgehead atoms. The van der Waals surface area contributed by atoms with Crippen molar-refractivity contribution in [3.8, 4) is 0 Å². The van der Waals surface area contributed by atoms with Crippen LogP contribution in [0.2, 0.25) is 5.02 Å². The van der Waals surface area contributed by atoms with Crippen molar-refractivity contribution in [1.29, 1.82) is 0 Å². The average molecular weight is 389 g/mol. The van der Waals surface area contributed by atoms with E-state index in [1.165, 1.54) is 17.3 Å². The van der Waals surface area contributed by atoms with Gasteiger partial charge >= 0.3 is 0 Å². The molecule has 0 saturated carbocycles. The number of nitrogens with one attached hydrogen (secondary N) is 1. The molecule has 0 fully saturated rings. The number of benzene rings is 2. The second-order valence-corrected chi connectivity index (χ2v) is 8.29. The predicted octanol–water partition coefficient (Wildman–Crippen LogP) is 5.43. The van der Waals surface area contributed by atoms with Gasteiger partial charge in [-0.25, -0.2) is 5.43 Å². The Kier molecular flexibility index (Phi) is 7.73. The highest BCUT2D eigenvalue weighted by atomic mass is 35.5. The van der Waals surface area contributed by atoms with E-state index in [0.717, 1.165) is 22.7 Å². The van der Waals surface area contributed by atoms with Crippen LogP contribution in [-0.4, -0.2) is 17.4 Å². The molecule has 26 heavy (non-hydrogen) atoms. The molecule has 1 N–H and O–H groups in total. The van der Waals surface area contributed by atoms with Crippen molar-refractivity contribution >= 4 is 35.0 Å². The molecule has 0 unspecified atom stereocenters. The molecule has 2 rings (SSSR count). The molecule has 0 spiro atoms. The maximum atomic E-state index is 12.0. The zero-order valence-corrected chi connectivity index (χ0v) is 17.0. The van der Waals surface area contributed by atoms with Crippen LogP contribution >= 0.6 is 23.4 Å². The highest BCUT2D eigenvalue weighted by Gasteiger charge is 2.21. The summed E-state index contributed by atoms with van der Waals surface area (Å²) in [6.45, 7) is 6.31. The molecule has 0 heterocycles. The first-order chi connectivity index (χ1) is 12.4. The van der Waals surface area contributed by atoms with Gasteiger partial charge in [0.1, 0.15) is 0 Å². The number of amides is 1. The summed E-state index contributed by atoms with van der Waals surface area (Å²) in [4.78, 5) is 12.0. The average Bonchev–Trinajstić information content (AvgIpc) is 2.62. The number of hydrogen-bond donors (Lipinski definition) is 1. The molecular weight excluding hydrogens is 364 g/mol. The number of carbonyl (C=O) groups is 1. The van der Waals surface area contributed by atoms with Crippen LogP contribution in [0.15, 0.2) is 59.7 Å². The lowest BCUT2D eigenvalue weighted by atomic mass is 9.80. The second kappa shape index (κ2) is 9.79. The molecule has 0 radical (unpaired) electrons. The lowest BCUT2D eigenvalue weighted by Gasteiger charge is -2.25. The smallest absolute Gasteiger partial charge is 0.250 e. The summed E-state index contributed by atoms with van der Waals surface area (Å²) in [7, 11) is 0. The van der Waals surface area contributed by atoms with E-state index >= 15 is 0 Å². The zero-order chi connectivity index (χ0) is 19.0. The minimum atomic E-state index is -0.0982. The maximum absolute atomic E-state index is 12.0. The van der Waals surface area contributed by atoms with E-state index in [1.54, 1.807) is 0 Å². The molecule has 3 nitrogen and oxygen atoms in total. The number of thioether (sulfide) groups is 1. The standard InChI is InChI=1S/C21H25ClN2OS/c1-16(13-21(2,3)18-10-5-4-6-11-18)23-24-20(25)15-26-14-17-9-7-8-12-19(17)22/h4-12H,13-15H2,1-3H3,(H,24,25)/b23-16+. The van der Waals surface area contributed by atoms with E-state index in [1.807, 2.05) is 49.4 Å². The van der Waals surface area contributed by atoms with Gasteiger partial charge in [-0.1, -0.05) is 74.0 Å². The number of halogens is 1. The van der Waals surface area contributed by atoms with Crippen LogP contribution in [0.4, 0.5) is 0 Å². The van der Waals surface area contributed by atoms with E-state index in [2.05, 4.69) is 36.5 Å². The lowest BCUT2D eigenvalue weighted by molar-refractivity contribution is -0.118. The third-order valence-corrected chi connectivity index (χ3v) is 5.42. The number of rotatable bonds is 8. The summed E-state index contributed by atoms with van der Waals surface area (Å²) in [6.07, 6.45) is 0.782. The molecule has 2 aromatic carbocycles. The van der Waals surface area contributed by atoms with Gasteiger partial charge in [-0.3, -0.25) is 4.79 Å². The Morgan fingerprint density at radius 1 is 1.12 bits per heavy atom. The summed E-state index contributed by atoms with van der Waals surface area (Å²) >= 11 is 7.64.